The highest BCUT2D eigenvalue weighted by molar-refractivity contribution is 6.06. The molecule has 2 aromatic rings. The van der Waals surface area contributed by atoms with Crippen molar-refractivity contribution in [2.45, 2.75) is 0 Å². The molecule has 4 heteroatoms. The molecule has 0 atom stereocenters. The lowest BCUT2D eigenvalue weighted by atomic mass is 10.0. The predicted molar refractivity (Wildman–Crippen MR) is 71.9 cm³/mol. The molecule has 0 aromatic heterocycles. The lowest BCUT2D eigenvalue weighted by Gasteiger charge is -2.06. The number of hydrogen-bond donors (Lipinski definition) is 1. The highest BCUT2D eigenvalue weighted by Crippen LogP contribution is 2.18. The monoisotopic (exact) mass is 241 g/mol. The fourth-order valence-corrected chi connectivity index (χ4v) is 1.84. The van der Waals surface area contributed by atoms with Crippen LogP contribution in [0.5, 0.6) is 0 Å². The van der Waals surface area contributed by atoms with E-state index in [4.69, 9.17) is 0 Å². The summed E-state index contributed by atoms with van der Waals surface area (Å²) in [5.41, 5.74) is 0.696. The van der Waals surface area contributed by atoms with Crippen LogP contribution in [0.15, 0.2) is 52.7 Å². The van der Waals surface area contributed by atoms with Crippen molar-refractivity contribution in [1.29, 1.82) is 0 Å². The van der Waals surface area contributed by atoms with Gasteiger partial charge in [0.2, 0.25) is 0 Å². The molecule has 1 N–H and O–H groups in total. The van der Waals surface area contributed by atoms with Crippen LogP contribution in [0.1, 0.15) is 10.4 Å². The Labute approximate surface area is 106 Å². The number of carbonyl (C=O) groups excluding carboxylic acids is 1. The van der Waals surface area contributed by atoms with Crippen LogP contribution in [0.3, 0.4) is 0 Å². The first-order valence-electron chi connectivity index (χ1n) is 5.84. The number of benzene rings is 2. The van der Waals surface area contributed by atoms with Crippen LogP contribution in [0.25, 0.3) is 10.8 Å². The average Bonchev–Trinajstić information content (AvgIpc) is 2.43. The minimum atomic E-state index is -0.0712. The molecule has 18 heavy (non-hydrogen) atoms. The third-order valence-electron chi connectivity index (χ3n) is 2.67. The van der Waals surface area contributed by atoms with Crippen LogP contribution in [-0.4, -0.2) is 26.0 Å². The number of fused-ring (bicyclic) bond motifs is 1. The van der Waals surface area contributed by atoms with Gasteiger partial charge in [0, 0.05) is 19.2 Å². The molecule has 0 spiro atoms. The molecular weight excluding hydrogens is 226 g/mol. The molecule has 2 rings (SSSR count). The van der Waals surface area contributed by atoms with Crippen molar-refractivity contribution in [2.24, 2.45) is 10.2 Å². The van der Waals surface area contributed by atoms with Gasteiger partial charge in [-0.2, -0.15) is 10.2 Å². The van der Waals surface area contributed by atoms with Gasteiger partial charge in [-0.05, 0) is 16.8 Å². The topological polar surface area (TPSA) is 53.8 Å². The summed E-state index contributed by atoms with van der Waals surface area (Å²) in [5, 5.41) is 12.3. The van der Waals surface area contributed by atoms with Crippen LogP contribution < -0.4 is 5.32 Å². The second-order valence-electron chi connectivity index (χ2n) is 3.85. The Morgan fingerprint density at radius 2 is 1.94 bits per heavy atom. The second kappa shape index (κ2) is 5.91. The van der Waals surface area contributed by atoms with E-state index in [0.717, 1.165) is 10.8 Å². The molecule has 0 radical (unpaired) electrons. The molecule has 0 aliphatic carbocycles. The third kappa shape index (κ3) is 2.71. The molecule has 0 aliphatic rings. The van der Waals surface area contributed by atoms with Crippen molar-refractivity contribution >= 4 is 16.7 Å². The second-order valence-corrected chi connectivity index (χ2v) is 3.85. The van der Waals surface area contributed by atoms with Crippen LogP contribution in [-0.2, 0) is 0 Å². The van der Waals surface area contributed by atoms with E-state index >= 15 is 0 Å². The molecule has 1 amide bonds. The number of amides is 1. The summed E-state index contributed by atoms with van der Waals surface area (Å²) in [6, 6.07) is 13.6. The maximum absolute atomic E-state index is 12.0. The van der Waals surface area contributed by atoms with E-state index in [0.29, 0.717) is 18.7 Å². The van der Waals surface area contributed by atoms with Gasteiger partial charge in [0.1, 0.15) is 0 Å². The summed E-state index contributed by atoms with van der Waals surface area (Å²) in [4.78, 5) is 12.0. The summed E-state index contributed by atoms with van der Waals surface area (Å²) in [7, 11) is 1.62. The third-order valence-corrected chi connectivity index (χ3v) is 2.67. The molecule has 0 fully saturated rings. The highest BCUT2D eigenvalue weighted by atomic mass is 16.1. The van der Waals surface area contributed by atoms with E-state index in [-0.39, 0.29) is 5.91 Å². The van der Waals surface area contributed by atoms with Gasteiger partial charge in [0.05, 0.1) is 6.54 Å². The van der Waals surface area contributed by atoms with Crippen molar-refractivity contribution in [3.05, 3.63) is 48.0 Å². The Hall–Kier alpha value is -2.23. The molecule has 0 saturated carbocycles. The van der Waals surface area contributed by atoms with Gasteiger partial charge in [-0.3, -0.25) is 4.79 Å². The number of rotatable bonds is 4. The number of carbonyl (C=O) groups is 1. The highest BCUT2D eigenvalue weighted by Gasteiger charge is 2.08. The normalized spacial score (nSPS) is 10.9. The van der Waals surface area contributed by atoms with Gasteiger partial charge in [-0.1, -0.05) is 36.4 Å². The van der Waals surface area contributed by atoms with Gasteiger partial charge in [-0.25, -0.2) is 0 Å². The predicted octanol–water partition coefficient (Wildman–Crippen LogP) is 2.65. The lowest BCUT2D eigenvalue weighted by Crippen LogP contribution is -2.26. The fourth-order valence-electron chi connectivity index (χ4n) is 1.84. The van der Waals surface area contributed by atoms with Crippen molar-refractivity contribution in [3.8, 4) is 0 Å². The summed E-state index contributed by atoms with van der Waals surface area (Å²) in [6.45, 7) is 1.01. The number of nitrogens with one attached hydrogen (secondary N) is 1. The maximum atomic E-state index is 12.0. The van der Waals surface area contributed by atoms with E-state index in [9.17, 15) is 4.79 Å². The van der Waals surface area contributed by atoms with Crippen LogP contribution in [0.4, 0.5) is 0 Å². The Morgan fingerprint density at radius 1 is 1.17 bits per heavy atom. The van der Waals surface area contributed by atoms with E-state index in [2.05, 4.69) is 15.5 Å². The molecule has 4 nitrogen and oxygen atoms in total. The maximum Gasteiger partial charge on any atom is 0.251 e. The first-order chi connectivity index (χ1) is 8.83. The van der Waals surface area contributed by atoms with Crippen LogP contribution in [0.2, 0.25) is 0 Å². The van der Waals surface area contributed by atoms with Crippen molar-refractivity contribution < 1.29 is 4.79 Å². The zero-order chi connectivity index (χ0) is 12.8. The van der Waals surface area contributed by atoms with E-state index in [1.54, 1.807) is 7.05 Å². The van der Waals surface area contributed by atoms with E-state index in [1.807, 2.05) is 42.5 Å². The molecule has 0 aliphatic heterocycles. The lowest BCUT2D eigenvalue weighted by molar-refractivity contribution is 0.0956. The Kier molecular flexibility index (Phi) is 4.02. The smallest absolute Gasteiger partial charge is 0.251 e. The van der Waals surface area contributed by atoms with Crippen molar-refractivity contribution in [2.75, 3.05) is 20.1 Å². The number of hydrogen-bond acceptors (Lipinski definition) is 3. The van der Waals surface area contributed by atoms with Crippen molar-refractivity contribution in [1.82, 2.24) is 5.32 Å². The Bertz CT molecular complexity index is 573. The minimum Gasteiger partial charge on any atom is -0.350 e. The molecule has 2 aromatic carbocycles. The molecule has 0 bridgehead atoms. The summed E-state index contributed by atoms with van der Waals surface area (Å²) >= 11 is 0. The van der Waals surface area contributed by atoms with Gasteiger partial charge in [-0.15, -0.1) is 0 Å². The quantitative estimate of drug-likeness (QED) is 0.649. The zero-order valence-corrected chi connectivity index (χ0v) is 10.3. The van der Waals surface area contributed by atoms with Gasteiger partial charge in [0.25, 0.3) is 5.91 Å². The van der Waals surface area contributed by atoms with Gasteiger partial charge >= 0.3 is 0 Å². The van der Waals surface area contributed by atoms with E-state index < -0.39 is 0 Å². The average molecular weight is 241 g/mol. The molecule has 0 saturated heterocycles. The van der Waals surface area contributed by atoms with Crippen molar-refractivity contribution in [3.63, 3.8) is 0 Å². The van der Waals surface area contributed by atoms with Gasteiger partial charge in [0.15, 0.2) is 0 Å². The van der Waals surface area contributed by atoms with E-state index in [1.165, 1.54) is 0 Å². The van der Waals surface area contributed by atoms with Gasteiger partial charge < -0.3 is 5.32 Å². The Morgan fingerprint density at radius 3 is 2.78 bits per heavy atom. The fraction of sp³-hybridized carbons (Fsp3) is 0.214. The summed E-state index contributed by atoms with van der Waals surface area (Å²) in [6.07, 6.45) is 0. The number of nitrogens with zero attached hydrogens (tertiary/aromatic N) is 2. The standard InChI is InChI=1S/C14H15N3O/c1-15-17-10-9-16-14(18)13-8-4-6-11-5-2-3-7-12(11)13/h2-8H,9-10H2,1H3,(H,16,18). The summed E-state index contributed by atoms with van der Waals surface area (Å²) < 4.78 is 0. The first kappa shape index (κ1) is 12.2. The van der Waals surface area contributed by atoms with Crippen LogP contribution in [0, 0.1) is 0 Å². The minimum absolute atomic E-state index is 0.0712. The first-order valence-corrected chi connectivity index (χ1v) is 5.84. The Balaban J connectivity index is 2.17. The zero-order valence-electron chi connectivity index (χ0n) is 10.3. The largest absolute Gasteiger partial charge is 0.350 e. The molecule has 92 valence electrons. The SMILES string of the molecule is CN=NCCNC(=O)c1cccc2ccccc12. The molecular formula is C14H15N3O. The molecule has 0 unspecified atom stereocenters. The number of azo groups is 1. The van der Waals surface area contributed by atoms with Crippen LogP contribution >= 0.6 is 0 Å². The summed E-state index contributed by atoms with van der Waals surface area (Å²) in [5.74, 6) is -0.0712. The molecule has 0 heterocycles.